The number of aromatic nitrogens is 2. The number of nitrogens with zero attached hydrogens (tertiary/aromatic N) is 2. The van der Waals surface area contributed by atoms with E-state index < -0.39 is 16.4 Å². The maximum absolute atomic E-state index is 13.0. The van der Waals surface area contributed by atoms with Gasteiger partial charge in [0.25, 0.3) is 0 Å². The quantitative estimate of drug-likeness (QED) is 0.605. The second-order valence-electron chi connectivity index (χ2n) is 2.91. The van der Waals surface area contributed by atoms with Crippen LogP contribution in [0, 0.1) is 15.9 Å². The summed E-state index contributed by atoms with van der Waals surface area (Å²) in [6, 6.07) is 3.72. The lowest BCUT2D eigenvalue weighted by Crippen LogP contribution is -1.92. The van der Waals surface area contributed by atoms with Crippen LogP contribution in [0.25, 0.3) is 11.1 Å². The van der Waals surface area contributed by atoms with Gasteiger partial charge in [-0.05, 0) is 11.6 Å². The van der Waals surface area contributed by atoms with Gasteiger partial charge in [-0.1, -0.05) is 6.07 Å². The van der Waals surface area contributed by atoms with Gasteiger partial charge in [-0.25, -0.2) is 0 Å². The number of hydrogen-bond donors (Lipinski definition) is 1. The highest BCUT2D eigenvalue weighted by Gasteiger charge is 2.14. The molecule has 1 heterocycles. The Kier molecular flexibility index (Phi) is 2.17. The molecule has 76 valence electrons. The van der Waals surface area contributed by atoms with Crippen LogP contribution in [-0.4, -0.2) is 15.1 Å². The van der Waals surface area contributed by atoms with E-state index in [1.54, 1.807) is 6.20 Å². The fourth-order valence-electron chi connectivity index (χ4n) is 1.24. The SMILES string of the molecule is O=[N+]([O-])c1cc(-c2cn[nH]c2)ccc1F. The van der Waals surface area contributed by atoms with Crippen LogP contribution in [0.4, 0.5) is 10.1 Å². The first-order valence-corrected chi connectivity index (χ1v) is 4.11. The van der Waals surface area contributed by atoms with Gasteiger partial charge in [0, 0.05) is 17.8 Å². The fraction of sp³-hybridized carbons (Fsp3) is 0. The zero-order valence-corrected chi connectivity index (χ0v) is 7.48. The number of hydrogen-bond acceptors (Lipinski definition) is 3. The Morgan fingerprint density at radius 1 is 1.40 bits per heavy atom. The lowest BCUT2D eigenvalue weighted by atomic mass is 10.1. The van der Waals surface area contributed by atoms with Crippen molar-refractivity contribution >= 4 is 5.69 Å². The van der Waals surface area contributed by atoms with Crippen molar-refractivity contribution < 1.29 is 9.31 Å². The molecule has 0 saturated carbocycles. The van der Waals surface area contributed by atoms with Crippen LogP contribution in [0.3, 0.4) is 0 Å². The third-order valence-electron chi connectivity index (χ3n) is 1.97. The molecule has 0 aliphatic rings. The van der Waals surface area contributed by atoms with Crippen LogP contribution in [0.1, 0.15) is 0 Å². The number of nitrogens with one attached hydrogen (secondary N) is 1. The predicted octanol–water partition coefficient (Wildman–Crippen LogP) is 2.12. The molecule has 1 N–H and O–H groups in total. The van der Waals surface area contributed by atoms with E-state index in [0.717, 1.165) is 6.07 Å². The number of nitro benzene ring substituents is 1. The maximum atomic E-state index is 13.0. The summed E-state index contributed by atoms with van der Waals surface area (Å²) in [6.07, 6.45) is 3.09. The Balaban J connectivity index is 2.52. The van der Waals surface area contributed by atoms with Gasteiger partial charge < -0.3 is 0 Å². The van der Waals surface area contributed by atoms with Gasteiger partial charge in [-0.3, -0.25) is 15.2 Å². The Bertz CT molecular complexity index is 496. The van der Waals surface area contributed by atoms with Crippen LogP contribution in [0.2, 0.25) is 0 Å². The average molecular weight is 207 g/mol. The van der Waals surface area contributed by atoms with Crippen molar-refractivity contribution in [2.45, 2.75) is 0 Å². The predicted molar refractivity (Wildman–Crippen MR) is 50.6 cm³/mol. The molecule has 0 spiro atoms. The Labute approximate surface area is 83.7 Å². The number of H-pyrrole nitrogens is 1. The first-order valence-electron chi connectivity index (χ1n) is 4.11. The zero-order valence-electron chi connectivity index (χ0n) is 7.48. The van der Waals surface area contributed by atoms with E-state index >= 15 is 0 Å². The van der Waals surface area contributed by atoms with Crippen LogP contribution in [-0.2, 0) is 0 Å². The van der Waals surface area contributed by atoms with Gasteiger partial charge in [-0.15, -0.1) is 0 Å². The molecule has 0 bridgehead atoms. The topological polar surface area (TPSA) is 71.8 Å². The highest BCUT2D eigenvalue weighted by Crippen LogP contribution is 2.25. The highest BCUT2D eigenvalue weighted by molar-refractivity contribution is 5.64. The van der Waals surface area contributed by atoms with Gasteiger partial charge in [0.05, 0.1) is 11.1 Å². The van der Waals surface area contributed by atoms with Crippen LogP contribution in [0.15, 0.2) is 30.6 Å². The Morgan fingerprint density at radius 2 is 2.20 bits per heavy atom. The first-order chi connectivity index (χ1) is 7.18. The molecule has 0 atom stereocenters. The molecule has 0 radical (unpaired) electrons. The Morgan fingerprint density at radius 3 is 2.80 bits per heavy atom. The summed E-state index contributed by atoms with van der Waals surface area (Å²) in [5.74, 6) is -0.841. The summed E-state index contributed by atoms with van der Waals surface area (Å²) in [6.45, 7) is 0. The van der Waals surface area contributed by atoms with Crippen LogP contribution >= 0.6 is 0 Å². The summed E-state index contributed by atoms with van der Waals surface area (Å²) >= 11 is 0. The van der Waals surface area contributed by atoms with Gasteiger partial charge in [0.2, 0.25) is 5.82 Å². The number of nitro groups is 1. The Hall–Kier alpha value is -2.24. The monoisotopic (exact) mass is 207 g/mol. The van der Waals surface area contributed by atoms with Crippen molar-refractivity contribution in [3.05, 3.63) is 46.5 Å². The van der Waals surface area contributed by atoms with E-state index in [4.69, 9.17) is 0 Å². The van der Waals surface area contributed by atoms with Crippen molar-refractivity contribution in [3.63, 3.8) is 0 Å². The number of halogens is 1. The fourth-order valence-corrected chi connectivity index (χ4v) is 1.24. The molecular weight excluding hydrogens is 201 g/mol. The third-order valence-corrected chi connectivity index (χ3v) is 1.97. The normalized spacial score (nSPS) is 10.2. The van der Waals surface area contributed by atoms with Gasteiger partial charge in [0.1, 0.15) is 0 Å². The van der Waals surface area contributed by atoms with Crippen molar-refractivity contribution in [2.24, 2.45) is 0 Å². The molecule has 6 heteroatoms. The van der Waals surface area contributed by atoms with E-state index in [2.05, 4.69) is 10.2 Å². The largest absolute Gasteiger partial charge is 0.305 e. The summed E-state index contributed by atoms with van der Waals surface area (Å²) in [4.78, 5) is 9.73. The number of benzene rings is 1. The minimum absolute atomic E-state index is 0.534. The molecule has 0 saturated heterocycles. The second-order valence-corrected chi connectivity index (χ2v) is 2.91. The molecule has 0 amide bonds. The molecule has 1 aromatic heterocycles. The van der Waals surface area contributed by atoms with Crippen LogP contribution in [0.5, 0.6) is 0 Å². The molecule has 0 unspecified atom stereocenters. The highest BCUT2D eigenvalue weighted by atomic mass is 19.1. The van der Waals surface area contributed by atoms with E-state index in [9.17, 15) is 14.5 Å². The van der Waals surface area contributed by atoms with E-state index in [0.29, 0.717) is 11.1 Å². The van der Waals surface area contributed by atoms with E-state index in [1.807, 2.05) is 0 Å². The maximum Gasteiger partial charge on any atom is 0.305 e. The third kappa shape index (κ3) is 1.69. The lowest BCUT2D eigenvalue weighted by Gasteiger charge is -1.97. The summed E-state index contributed by atoms with van der Waals surface area (Å²) < 4.78 is 13.0. The minimum Gasteiger partial charge on any atom is -0.285 e. The second kappa shape index (κ2) is 3.49. The first kappa shape index (κ1) is 9.32. The van der Waals surface area contributed by atoms with Crippen molar-refractivity contribution in [1.82, 2.24) is 10.2 Å². The van der Waals surface area contributed by atoms with Crippen molar-refractivity contribution in [2.75, 3.05) is 0 Å². The number of rotatable bonds is 2. The molecule has 2 aromatic rings. The molecule has 0 aliphatic carbocycles. The minimum atomic E-state index is -0.841. The lowest BCUT2D eigenvalue weighted by molar-refractivity contribution is -0.387. The van der Waals surface area contributed by atoms with E-state index in [1.165, 1.54) is 18.3 Å². The molecule has 0 fully saturated rings. The summed E-state index contributed by atoms with van der Waals surface area (Å²) in [7, 11) is 0. The average Bonchev–Trinajstić information content (AvgIpc) is 2.71. The van der Waals surface area contributed by atoms with Gasteiger partial charge >= 0.3 is 5.69 Å². The van der Waals surface area contributed by atoms with E-state index in [-0.39, 0.29) is 0 Å². The molecule has 15 heavy (non-hydrogen) atoms. The van der Waals surface area contributed by atoms with Crippen molar-refractivity contribution in [1.29, 1.82) is 0 Å². The smallest absolute Gasteiger partial charge is 0.285 e. The summed E-state index contributed by atoms with van der Waals surface area (Å²) in [5, 5.41) is 16.8. The number of aromatic amines is 1. The van der Waals surface area contributed by atoms with Crippen LogP contribution < -0.4 is 0 Å². The molecule has 5 nitrogen and oxygen atoms in total. The van der Waals surface area contributed by atoms with Gasteiger partial charge in [-0.2, -0.15) is 9.49 Å². The molecular formula is C9H6FN3O2. The molecule has 0 aliphatic heterocycles. The molecule has 1 aromatic carbocycles. The molecule has 2 rings (SSSR count). The zero-order chi connectivity index (χ0) is 10.8. The summed E-state index contributed by atoms with van der Waals surface area (Å²) in [5.41, 5.74) is 0.698. The van der Waals surface area contributed by atoms with Crippen molar-refractivity contribution in [3.8, 4) is 11.1 Å². The standard InChI is InChI=1S/C9H6FN3O2/c10-8-2-1-6(3-9(8)13(14)15)7-4-11-12-5-7/h1-5H,(H,11,12). The van der Waals surface area contributed by atoms with Gasteiger partial charge in [0.15, 0.2) is 0 Å².